The molecule has 10 nitrogen and oxygen atoms in total. The molecule has 1 amide bonds. The van der Waals surface area contributed by atoms with Crippen molar-refractivity contribution in [2.75, 3.05) is 32.2 Å². The number of methoxy groups -OCH3 is 1. The summed E-state index contributed by atoms with van der Waals surface area (Å²) in [6.45, 7) is 1.31. The zero-order valence-electron chi connectivity index (χ0n) is 24.0. The topological polar surface area (TPSA) is 123 Å². The van der Waals surface area contributed by atoms with Gasteiger partial charge in [0.1, 0.15) is 17.4 Å². The molecule has 3 heterocycles. The van der Waals surface area contributed by atoms with Crippen LogP contribution < -0.4 is 15.4 Å². The van der Waals surface area contributed by atoms with Crippen molar-refractivity contribution >= 4 is 17.5 Å². The molecule has 3 aromatic carbocycles. The van der Waals surface area contributed by atoms with Gasteiger partial charge in [0.15, 0.2) is 6.29 Å². The molecule has 1 aliphatic heterocycles. The standard InChI is InChI=1S/C33H31FN6O4/c1-42-26-9-5-8-25(16-26)37-33-35-15-14-27(38-33)31-30(22-10-12-24(34)13-11-22)39-28(40-31)17-29-43-19-21(20-44-29)18-36-32(41)23-6-3-2-4-7-23/h2-16,21,29H,17-20H2,1H3,(H,36,41)(H,39,40)(H,35,37,38). The highest BCUT2D eigenvalue weighted by Crippen LogP contribution is 2.31. The number of benzene rings is 3. The normalized spacial score (nSPS) is 16.3. The lowest BCUT2D eigenvalue weighted by atomic mass is 10.1. The number of carbonyl (C=O) groups excluding carboxylic acids is 1. The maximum atomic E-state index is 13.7. The van der Waals surface area contributed by atoms with Gasteiger partial charge in [0, 0.05) is 41.5 Å². The van der Waals surface area contributed by atoms with Crippen LogP contribution in [0.3, 0.4) is 0 Å². The molecule has 0 bridgehead atoms. The van der Waals surface area contributed by atoms with Crippen LogP contribution in [0.25, 0.3) is 22.6 Å². The molecule has 1 saturated heterocycles. The number of nitrogens with one attached hydrogen (secondary N) is 3. The van der Waals surface area contributed by atoms with Crippen molar-refractivity contribution in [2.45, 2.75) is 12.7 Å². The third-order valence-electron chi connectivity index (χ3n) is 7.09. The lowest BCUT2D eigenvalue weighted by Gasteiger charge is -2.29. The van der Waals surface area contributed by atoms with E-state index in [0.29, 0.717) is 66.3 Å². The fourth-order valence-electron chi connectivity index (χ4n) is 4.81. The second-order valence-corrected chi connectivity index (χ2v) is 10.3. The van der Waals surface area contributed by atoms with Gasteiger partial charge in [-0.05, 0) is 54.6 Å². The fraction of sp³-hybridized carbons (Fsp3) is 0.212. The number of hydrogen-bond acceptors (Lipinski definition) is 8. The molecule has 0 spiro atoms. The second-order valence-electron chi connectivity index (χ2n) is 10.3. The summed E-state index contributed by atoms with van der Waals surface area (Å²) < 4.78 is 31.0. The van der Waals surface area contributed by atoms with Crippen molar-refractivity contribution in [3.8, 4) is 28.4 Å². The summed E-state index contributed by atoms with van der Waals surface area (Å²) in [6, 6.07) is 24.5. The number of ether oxygens (including phenoxy) is 3. The quantitative estimate of drug-likeness (QED) is 0.197. The summed E-state index contributed by atoms with van der Waals surface area (Å²) in [5.74, 6) is 1.28. The largest absolute Gasteiger partial charge is 0.497 e. The number of aromatic nitrogens is 4. The van der Waals surface area contributed by atoms with Crippen molar-refractivity contribution in [1.82, 2.24) is 25.3 Å². The molecule has 6 rings (SSSR count). The van der Waals surface area contributed by atoms with Crippen molar-refractivity contribution in [3.05, 3.63) is 108 Å². The number of imidazole rings is 1. The summed E-state index contributed by atoms with van der Waals surface area (Å²) in [4.78, 5) is 29.7. The Morgan fingerprint density at radius 1 is 1.00 bits per heavy atom. The van der Waals surface area contributed by atoms with Crippen LogP contribution in [0.15, 0.2) is 91.1 Å². The minimum absolute atomic E-state index is 0.0253. The number of anilines is 2. The van der Waals surface area contributed by atoms with E-state index in [4.69, 9.17) is 24.2 Å². The predicted molar refractivity (Wildman–Crippen MR) is 163 cm³/mol. The lowest BCUT2D eigenvalue weighted by Crippen LogP contribution is -2.40. The summed E-state index contributed by atoms with van der Waals surface area (Å²) in [7, 11) is 1.61. The van der Waals surface area contributed by atoms with E-state index in [0.717, 1.165) is 11.3 Å². The Bertz CT molecular complexity index is 1710. The highest BCUT2D eigenvalue weighted by molar-refractivity contribution is 5.94. The molecule has 1 fully saturated rings. The molecule has 5 aromatic rings. The zero-order valence-corrected chi connectivity index (χ0v) is 24.0. The first kappa shape index (κ1) is 29.0. The fourth-order valence-corrected chi connectivity index (χ4v) is 4.81. The van der Waals surface area contributed by atoms with Gasteiger partial charge in [-0.25, -0.2) is 19.3 Å². The maximum absolute atomic E-state index is 13.7. The first-order valence-electron chi connectivity index (χ1n) is 14.2. The molecular formula is C33H31FN6O4. The van der Waals surface area contributed by atoms with Crippen LogP contribution >= 0.6 is 0 Å². The summed E-state index contributed by atoms with van der Waals surface area (Å²) in [5.41, 5.74) is 3.98. The minimum Gasteiger partial charge on any atom is -0.497 e. The first-order chi connectivity index (χ1) is 21.5. The Kier molecular flexibility index (Phi) is 8.85. The molecule has 0 unspecified atom stereocenters. The molecular weight excluding hydrogens is 563 g/mol. The predicted octanol–water partition coefficient (Wildman–Crippen LogP) is 5.39. The second kappa shape index (κ2) is 13.4. The molecule has 11 heteroatoms. The number of nitrogens with zero attached hydrogens (tertiary/aromatic N) is 3. The Hall–Kier alpha value is -5.13. The molecule has 0 aliphatic carbocycles. The Morgan fingerprint density at radius 3 is 2.57 bits per heavy atom. The number of aromatic amines is 1. The average Bonchev–Trinajstić information content (AvgIpc) is 3.49. The highest BCUT2D eigenvalue weighted by atomic mass is 19.1. The summed E-state index contributed by atoms with van der Waals surface area (Å²) in [5, 5.41) is 6.15. The van der Waals surface area contributed by atoms with E-state index in [1.165, 1.54) is 12.1 Å². The van der Waals surface area contributed by atoms with Crippen LogP contribution in [0.5, 0.6) is 5.75 Å². The molecule has 2 aromatic heterocycles. The van der Waals surface area contributed by atoms with Gasteiger partial charge < -0.3 is 29.8 Å². The van der Waals surface area contributed by atoms with Gasteiger partial charge in [0.05, 0.1) is 43.8 Å². The number of amides is 1. The van der Waals surface area contributed by atoms with Gasteiger partial charge in [0.25, 0.3) is 5.91 Å². The Labute approximate surface area is 253 Å². The first-order valence-corrected chi connectivity index (χ1v) is 14.2. The van der Waals surface area contributed by atoms with Crippen LogP contribution in [0.4, 0.5) is 16.0 Å². The van der Waals surface area contributed by atoms with E-state index in [1.54, 1.807) is 43.6 Å². The zero-order chi connectivity index (χ0) is 30.3. The van der Waals surface area contributed by atoms with Crippen LogP contribution in [-0.2, 0) is 15.9 Å². The number of H-pyrrole nitrogens is 1. The van der Waals surface area contributed by atoms with Gasteiger partial charge >= 0.3 is 0 Å². The molecule has 44 heavy (non-hydrogen) atoms. The average molecular weight is 595 g/mol. The third kappa shape index (κ3) is 7.08. The van der Waals surface area contributed by atoms with E-state index < -0.39 is 6.29 Å². The minimum atomic E-state index is -0.521. The smallest absolute Gasteiger partial charge is 0.251 e. The van der Waals surface area contributed by atoms with Crippen LogP contribution in [0.1, 0.15) is 16.2 Å². The van der Waals surface area contributed by atoms with Crippen molar-refractivity contribution in [2.24, 2.45) is 5.92 Å². The van der Waals surface area contributed by atoms with Crippen molar-refractivity contribution < 1.29 is 23.4 Å². The number of hydrogen-bond donors (Lipinski definition) is 3. The molecule has 0 radical (unpaired) electrons. The number of carbonyl (C=O) groups is 1. The lowest BCUT2D eigenvalue weighted by molar-refractivity contribution is -0.198. The maximum Gasteiger partial charge on any atom is 0.251 e. The molecule has 1 aliphatic rings. The molecule has 0 saturated carbocycles. The summed E-state index contributed by atoms with van der Waals surface area (Å²) >= 11 is 0. The molecule has 3 N–H and O–H groups in total. The SMILES string of the molecule is COc1cccc(Nc2nccc(-c3[nH]c(CC4OCC(CNC(=O)c5ccccc5)CO4)nc3-c3ccc(F)cc3)n2)c1. The van der Waals surface area contributed by atoms with Gasteiger partial charge in [-0.2, -0.15) is 0 Å². The van der Waals surface area contributed by atoms with Crippen molar-refractivity contribution in [1.29, 1.82) is 0 Å². The Morgan fingerprint density at radius 2 is 1.80 bits per heavy atom. The van der Waals surface area contributed by atoms with Gasteiger partial charge in [-0.1, -0.05) is 24.3 Å². The molecule has 0 atom stereocenters. The molecule has 224 valence electrons. The summed E-state index contributed by atoms with van der Waals surface area (Å²) in [6.07, 6.45) is 1.49. The van der Waals surface area contributed by atoms with E-state index in [-0.39, 0.29) is 17.6 Å². The van der Waals surface area contributed by atoms with Gasteiger partial charge in [-0.15, -0.1) is 0 Å². The van der Waals surface area contributed by atoms with Gasteiger partial charge in [-0.3, -0.25) is 4.79 Å². The van der Waals surface area contributed by atoms with Crippen LogP contribution in [0.2, 0.25) is 0 Å². The van der Waals surface area contributed by atoms with Crippen molar-refractivity contribution in [3.63, 3.8) is 0 Å². The van der Waals surface area contributed by atoms with E-state index in [9.17, 15) is 9.18 Å². The van der Waals surface area contributed by atoms with Crippen LogP contribution in [0, 0.1) is 11.7 Å². The monoisotopic (exact) mass is 594 g/mol. The number of halogens is 1. The highest BCUT2D eigenvalue weighted by Gasteiger charge is 2.25. The number of rotatable bonds is 10. The Balaban J connectivity index is 1.16. The van der Waals surface area contributed by atoms with Crippen LogP contribution in [-0.4, -0.2) is 59.0 Å². The van der Waals surface area contributed by atoms with E-state index in [2.05, 4.69) is 20.6 Å². The van der Waals surface area contributed by atoms with E-state index in [1.807, 2.05) is 42.5 Å². The van der Waals surface area contributed by atoms with E-state index >= 15 is 0 Å². The third-order valence-corrected chi connectivity index (χ3v) is 7.09. The van der Waals surface area contributed by atoms with Gasteiger partial charge in [0.2, 0.25) is 5.95 Å².